The molecule has 1 aliphatic heterocycles. The van der Waals surface area contributed by atoms with E-state index in [-0.39, 0.29) is 11.5 Å². The van der Waals surface area contributed by atoms with Crippen LogP contribution in [-0.4, -0.2) is 48.5 Å². The average Bonchev–Trinajstić information content (AvgIpc) is 2.68. The van der Waals surface area contributed by atoms with Crippen LogP contribution in [0.1, 0.15) is 40.5 Å². The van der Waals surface area contributed by atoms with Gasteiger partial charge in [0.2, 0.25) is 0 Å². The molecule has 0 amide bonds. The van der Waals surface area contributed by atoms with Gasteiger partial charge in [-0.25, -0.2) is 0 Å². The Hall–Kier alpha value is -0.120. The van der Waals surface area contributed by atoms with Crippen LogP contribution in [0.15, 0.2) is 0 Å². The number of ether oxygens (including phenoxy) is 1. The molecule has 0 aromatic heterocycles. The molecule has 3 nitrogen and oxygen atoms in total. The van der Waals surface area contributed by atoms with Crippen LogP contribution >= 0.6 is 0 Å². The largest absolute Gasteiger partial charge is 0.393 e. The quantitative estimate of drug-likeness (QED) is 0.755. The van der Waals surface area contributed by atoms with Crippen molar-refractivity contribution in [3.8, 4) is 0 Å². The summed E-state index contributed by atoms with van der Waals surface area (Å²) in [5, 5.41) is 9.73. The van der Waals surface area contributed by atoms with E-state index in [4.69, 9.17) is 4.74 Å². The van der Waals surface area contributed by atoms with Crippen LogP contribution in [0.3, 0.4) is 0 Å². The molecule has 1 fully saturated rings. The minimum Gasteiger partial charge on any atom is -0.393 e. The monoisotopic (exact) mass is 229 g/mol. The molecule has 0 spiro atoms. The fraction of sp³-hybridized carbons (Fsp3) is 1.00. The number of aliphatic hydroxyl groups is 1. The highest BCUT2D eigenvalue weighted by Crippen LogP contribution is 2.23. The van der Waals surface area contributed by atoms with E-state index in [9.17, 15) is 5.11 Å². The van der Waals surface area contributed by atoms with Gasteiger partial charge in [0.1, 0.15) is 0 Å². The maximum absolute atomic E-state index is 9.73. The Labute approximate surface area is 99.8 Å². The lowest BCUT2D eigenvalue weighted by Gasteiger charge is -2.35. The van der Waals surface area contributed by atoms with Gasteiger partial charge in [-0.15, -0.1) is 0 Å². The smallest absolute Gasteiger partial charge is 0.0702 e. The highest BCUT2D eigenvalue weighted by Gasteiger charge is 2.28. The van der Waals surface area contributed by atoms with E-state index in [0.717, 1.165) is 26.2 Å². The van der Waals surface area contributed by atoms with Gasteiger partial charge in [-0.05, 0) is 26.3 Å². The normalized spacial score (nSPS) is 24.0. The summed E-state index contributed by atoms with van der Waals surface area (Å²) in [5.74, 6) is 0. The summed E-state index contributed by atoms with van der Waals surface area (Å²) >= 11 is 0. The SMILES string of the molecule is CCN(CC1CCCO1)CC(C)(C)C(C)O. The van der Waals surface area contributed by atoms with E-state index < -0.39 is 0 Å². The molecule has 2 unspecified atom stereocenters. The number of rotatable bonds is 6. The fourth-order valence-corrected chi connectivity index (χ4v) is 2.09. The molecule has 2 atom stereocenters. The molecule has 3 heteroatoms. The molecule has 16 heavy (non-hydrogen) atoms. The Balaban J connectivity index is 2.41. The minimum absolute atomic E-state index is 0.0470. The van der Waals surface area contributed by atoms with Crippen LogP contribution in [0.25, 0.3) is 0 Å². The van der Waals surface area contributed by atoms with Crippen molar-refractivity contribution < 1.29 is 9.84 Å². The van der Waals surface area contributed by atoms with Crippen molar-refractivity contribution >= 4 is 0 Å². The molecular formula is C13H27NO2. The first-order valence-electron chi connectivity index (χ1n) is 6.47. The highest BCUT2D eigenvalue weighted by atomic mass is 16.5. The Bertz CT molecular complexity index is 198. The molecule has 0 radical (unpaired) electrons. The van der Waals surface area contributed by atoms with Gasteiger partial charge in [-0.3, -0.25) is 0 Å². The standard InChI is InChI=1S/C13H27NO2/c1-5-14(9-12-7-6-8-16-12)10-13(3,4)11(2)15/h11-12,15H,5-10H2,1-4H3. The molecule has 1 heterocycles. The van der Waals surface area contributed by atoms with Crippen LogP contribution in [0, 0.1) is 5.41 Å². The number of likely N-dealkylation sites (N-methyl/N-ethyl adjacent to an activating group) is 1. The molecule has 0 aromatic rings. The summed E-state index contributed by atoms with van der Waals surface area (Å²) < 4.78 is 5.66. The van der Waals surface area contributed by atoms with Gasteiger partial charge in [0.15, 0.2) is 0 Å². The summed E-state index contributed by atoms with van der Waals surface area (Å²) in [4.78, 5) is 2.39. The van der Waals surface area contributed by atoms with E-state index in [1.165, 1.54) is 12.8 Å². The predicted molar refractivity (Wildman–Crippen MR) is 66.5 cm³/mol. The van der Waals surface area contributed by atoms with Crippen molar-refractivity contribution in [2.24, 2.45) is 5.41 Å². The maximum atomic E-state index is 9.73. The van der Waals surface area contributed by atoms with Gasteiger partial charge in [0.25, 0.3) is 0 Å². The molecule has 1 saturated heterocycles. The minimum atomic E-state index is -0.272. The Morgan fingerprint density at radius 3 is 2.62 bits per heavy atom. The molecule has 96 valence electrons. The summed E-state index contributed by atoms with van der Waals surface area (Å²) in [6.07, 6.45) is 2.52. The number of hydrogen-bond donors (Lipinski definition) is 1. The third kappa shape index (κ3) is 4.04. The number of nitrogens with zero attached hydrogens (tertiary/aromatic N) is 1. The van der Waals surface area contributed by atoms with Crippen LogP contribution in [0.5, 0.6) is 0 Å². The zero-order valence-corrected chi connectivity index (χ0v) is 11.2. The predicted octanol–water partition coefficient (Wildman–Crippen LogP) is 1.89. The van der Waals surface area contributed by atoms with E-state index in [2.05, 4.69) is 25.7 Å². The lowest BCUT2D eigenvalue weighted by Crippen LogP contribution is -2.43. The first-order chi connectivity index (χ1) is 7.45. The van der Waals surface area contributed by atoms with Crippen molar-refractivity contribution in [3.05, 3.63) is 0 Å². The van der Waals surface area contributed by atoms with Crippen LogP contribution in [-0.2, 0) is 4.74 Å². The van der Waals surface area contributed by atoms with Gasteiger partial charge in [0, 0.05) is 25.1 Å². The Morgan fingerprint density at radius 1 is 1.50 bits per heavy atom. The van der Waals surface area contributed by atoms with Gasteiger partial charge in [0.05, 0.1) is 12.2 Å². The number of hydrogen-bond acceptors (Lipinski definition) is 3. The van der Waals surface area contributed by atoms with E-state index in [1.54, 1.807) is 0 Å². The second kappa shape index (κ2) is 5.99. The van der Waals surface area contributed by atoms with Gasteiger partial charge in [-0.2, -0.15) is 0 Å². The highest BCUT2D eigenvalue weighted by molar-refractivity contribution is 4.80. The molecule has 1 N–H and O–H groups in total. The van der Waals surface area contributed by atoms with E-state index in [1.807, 2.05) is 6.92 Å². The fourth-order valence-electron chi connectivity index (χ4n) is 2.09. The molecule has 0 saturated carbocycles. The first kappa shape index (κ1) is 13.9. The van der Waals surface area contributed by atoms with Crippen LogP contribution in [0.4, 0.5) is 0 Å². The topological polar surface area (TPSA) is 32.7 Å². The average molecular weight is 229 g/mol. The third-order valence-corrected chi connectivity index (χ3v) is 3.70. The molecule has 0 aromatic carbocycles. The summed E-state index contributed by atoms with van der Waals surface area (Å²) in [6, 6.07) is 0. The summed E-state index contributed by atoms with van der Waals surface area (Å²) in [6.45, 7) is 12.2. The lowest BCUT2D eigenvalue weighted by molar-refractivity contribution is 0.0153. The van der Waals surface area contributed by atoms with Gasteiger partial charge < -0.3 is 14.7 Å². The van der Waals surface area contributed by atoms with Crippen molar-refractivity contribution in [1.29, 1.82) is 0 Å². The van der Waals surface area contributed by atoms with Crippen LogP contribution in [0.2, 0.25) is 0 Å². The van der Waals surface area contributed by atoms with Crippen molar-refractivity contribution in [3.63, 3.8) is 0 Å². The second-order valence-corrected chi connectivity index (χ2v) is 5.63. The zero-order chi connectivity index (χ0) is 12.2. The van der Waals surface area contributed by atoms with Crippen LogP contribution < -0.4 is 0 Å². The molecule has 1 aliphatic rings. The molecular weight excluding hydrogens is 202 g/mol. The van der Waals surface area contributed by atoms with E-state index >= 15 is 0 Å². The van der Waals surface area contributed by atoms with Crippen molar-refractivity contribution in [2.45, 2.75) is 52.7 Å². The van der Waals surface area contributed by atoms with Gasteiger partial charge in [-0.1, -0.05) is 20.8 Å². The maximum Gasteiger partial charge on any atom is 0.0702 e. The summed E-state index contributed by atoms with van der Waals surface area (Å²) in [5.41, 5.74) is -0.0470. The Kier molecular flexibility index (Phi) is 5.22. The molecule has 1 rings (SSSR count). The van der Waals surface area contributed by atoms with Crippen molar-refractivity contribution in [1.82, 2.24) is 4.90 Å². The first-order valence-corrected chi connectivity index (χ1v) is 6.47. The Morgan fingerprint density at radius 2 is 2.19 bits per heavy atom. The second-order valence-electron chi connectivity index (χ2n) is 5.63. The van der Waals surface area contributed by atoms with Crippen molar-refractivity contribution in [2.75, 3.05) is 26.2 Å². The molecule has 0 bridgehead atoms. The lowest BCUT2D eigenvalue weighted by atomic mass is 9.87. The summed E-state index contributed by atoms with van der Waals surface area (Å²) in [7, 11) is 0. The van der Waals surface area contributed by atoms with E-state index in [0.29, 0.717) is 6.10 Å². The van der Waals surface area contributed by atoms with Gasteiger partial charge >= 0.3 is 0 Å². The number of aliphatic hydroxyl groups excluding tert-OH is 1. The third-order valence-electron chi connectivity index (χ3n) is 3.70. The zero-order valence-electron chi connectivity index (χ0n) is 11.2. The molecule has 0 aliphatic carbocycles.